The lowest BCUT2D eigenvalue weighted by atomic mass is 9.81. The molecule has 0 bridgehead atoms. The van der Waals surface area contributed by atoms with Gasteiger partial charge in [0.1, 0.15) is 0 Å². The number of hydrogen-bond acceptors (Lipinski definition) is 3. The average molecular weight is 628 g/mol. The third-order valence-corrected chi connectivity index (χ3v) is 10.0. The summed E-state index contributed by atoms with van der Waals surface area (Å²) in [5.74, 6) is 0.699. The third kappa shape index (κ3) is 4.94. The van der Waals surface area contributed by atoms with Crippen LogP contribution < -0.4 is 0 Å². The fourth-order valence-corrected chi connectivity index (χ4v) is 7.44. The standard InChI is InChI=1S/C46H33N3/c1-46(2)39-16-8-15-38(43(39)44-37-14-7-6-10-31(37)25-26-40(44)46)32-19-21-34(22-20-32)42-28-41(33-11-4-3-5-12-33)48-45(49-42)35-23-17-30(18-24-35)36-13-9-27-47-29-36/h3-29H,1-2H3. The molecule has 0 atom stereocenters. The Morgan fingerprint density at radius 3 is 1.84 bits per heavy atom. The first-order chi connectivity index (χ1) is 24.0. The predicted molar refractivity (Wildman–Crippen MR) is 202 cm³/mol. The van der Waals surface area contributed by atoms with Crippen LogP contribution in [0.3, 0.4) is 0 Å². The van der Waals surface area contributed by atoms with Crippen molar-refractivity contribution in [2.24, 2.45) is 0 Å². The van der Waals surface area contributed by atoms with Crippen LogP contribution in [0.15, 0.2) is 164 Å². The van der Waals surface area contributed by atoms with Gasteiger partial charge in [-0.2, -0.15) is 0 Å². The summed E-state index contributed by atoms with van der Waals surface area (Å²) in [6.07, 6.45) is 3.68. The van der Waals surface area contributed by atoms with Crippen molar-refractivity contribution in [2.75, 3.05) is 0 Å². The molecule has 49 heavy (non-hydrogen) atoms. The van der Waals surface area contributed by atoms with Gasteiger partial charge in [0.25, 0.3) is 0 Å². The maximum absolute atomic E-state index is 5.12. The second-order valence-corrected chi connectivity index (χ2v) is 13.3. The zero-order valence-electron chi connectivity index (χ0n) is 27.4. The monoisotopic (exact) mass is 627 g/mol. The quantitative estimate of drug-likeness (QED) is 0.191. The third-order valence-electron chi connectivity index (χ3n) is 10.0. The van der Waals surface area contributed by atoms with Crippen molar-refractivity contribution in [1.29, 1.82) is 0 Å². The number of fused-ring (bicyclic) bond motifs is 5. The zero-order valence-corrected chi connectivity index (χ0v) is 27.4. The minimum Gasteiger partial charge on any atom is -0.264 e. The first-order valence-corrected chi connectivity index (χ1v) is 16.8. The molecule has 0 saturated carbocycles. The van der Waals surface area contributed by atoms with Crippen molar-refractivity contribution in [3.63, 3.8) is 0 Å². The average Bonchev–Trinajstić information content (AvgIpc) is 3.42. The van der Waals surface area contributed by atoms with Gasteiger partial charge in [-0.3, -0.25) is 4.98 Å². The maximum atomic E-state index is 5.12. The Morgan fingerprint density at radius 1 is 0.449 bits per heavy atom. The summed E-state index contributed by atoms with van der Waals surface area (Å²) >= 11 is 0. The highest BCUT2D eigenvalue weighted by Gasteiger charge is 2.37. The smallest absolute Gasteiger partial charge is 0.160 e. The molecule has 0 fully saturated rings. The zero-order chi connectivity index (χ0) is 33.0. The lowest BCUT2D eigenvalue weighted by molar-refractivity contribution is 0.661. The molecule has 0 aliphatic heterocycles. The first kappa shape index (κ1) is 29.0. The summed E-state index contributed by atoms with van der Waals surface area (Å²) in [4.78, 5) is 14.4. The molecule has 3 nitrogen and oxygen atoms in total. The van der Waals surface area contributed by atoms with Crippen LogP contribution >= 0.6 is 0 Å². The Bertz CT molecular complexity index is 2480. The van der Waals surface area contributed by atoms with Gasteiger partial charge in [-0.15, -0.1) is 0 Å². The summed E-state index contributed by atoms with van der Waals surface area (Å²) in [6.45, 7) is 4.70. The fraction of sp³-hybridized carbons (Fsp3) is 0.0652. The van der Waals surface area contributed by atoms with Crippen LogP contribution in [0.25, 0.3) is 78.1 Å². The van der Waals surface area contributed by atoms with E-state index < -0.39 is 0 Å². The molecular weight excluding hydrogens is 595 g/mol. The van der Waals surface area contributed by atoms with Crippen LogP contribution in [0.5, 0.6) is 0 Å². The number of nitrogens with zero attached hydrogens (tertiary/aromatic N) is 3. The Morgan fingerprint density at radius 2 is 1.08 bits per heavy atom. The normalized spacial score (nSPS) is 12.9. The van der Waals surface area contributed by atoms with Gasteiger partial charge in [-0.25, -0.2) is 9.97 Å². The predicted octanol–water partition coefficient (Wildman–Crippen LogP) is 11.7. The van der Waals surface area contributed by atoms with E-state index in [2.05, 4.69) is 158 Å². The van der Waals surface area contributed by atoms with Gasteiger partial charge >= 0.3 is 0 Å². The van der Waals surface area contributed by atoms with E-state index in [9.17, 15) is 0 Å². The van der Waals surface area contributed by atoms with E-state index in [1.807, 2.05) is 18.3 Å². The van der Waals surface area contributed by atoms with E-state index in [4.69, 9.17) is 9.97 Å². The SMILES string of the molecule is CC1(C)c2cccc(-c3ccc(-c4cc(-c5ccccc5)nc(-c5ccc(-c6cccnc6)cc5)n4)cc3)c2-c2c1ccc1ccccc21. The topological polar surface area (TPSA) is 38.7 Å². The summed E-state index contributed by atoms with van der Waals surface area (Å²) in [5.41, 5.74) is 14.9. The van der Waals surface area contributed by atoms with E-state index in [-0.39, 0.29) is 5.41 Å². The Labute approximate surface area is 286 Å². The largest absolute Gasteiger partial charge is 0.264 e. The number of benzene rings is 6. The van der Waals surface area contributed by atoms with Crippen LogP contribution in [0, 0.1) is 0 Å². The van der Waals surface area contributed by atoms with Crippen LogP contribution in [-0.4, -0.2) is 15.0 Å². The van der Waals surface area contributed by atoms with E-state index in [0.717, 1.165) is 39.2 Å². The molecule has 2 aromatic heterocycles. The van der Waals surface area contributed by atoms with Crippen LogP contribution in [-0.2, 0) is 5.41 Å². The molecule has 0 saturated heterocycles. The van der Waals surface area contributed by atoms with Crippen molar-refractivity contribution in [1.82, 2.24) is 15.0 Å². The Kier molecular flexibility index (Phi) is 6.80. The summed E-state index contributed by atoms with van der Waals surface area (Å²) in [7, 11) is 0. The molecule has 3 heteroatoms. The highest BCUT2D eigenvalue weighted by molar-refractivity contribution is 6.06. The van der Waals surface area contributed by atoms with E-state index >= 15 is 0 Å². The van der Waals surface area contributed by atoms with Crippen molar-refractivity contribution < 1.29 is 0 Å². The molecule has 1 aliphatic carbocycles. The summed E-state index contributed by atoms with van der Waals surface area (Å²) in [5, 5.41) is 2.59. The highest BCUT2D eigenvalue weighted by atomic mass is 14.9. The van der Waals surface area contributed by atoms with Crippen LogP contribution in [0.1, 0.15) is 25.0 Å². The Balaban J connectivity index is 1.14. The molecule has 0 radical (unpaired) electrons. The lowest BCUT2D eigenvalue weighted by Crippen LogP contribution is -2.14. The van der Waals surface area contributed by atoms with Gasteiger partial charge in [0.05, 0.1) is 11.4 Å². The van der Waals surface area contributed by atoms with Gasteiger partial charge in [-0.05, 0) is 67.4 Å². The molecule has 9 rings (SSSR count). The number of hydrogen-bond donors (Lipinski definition) is 0. The number of aromatic nitrogens is 3. The van der Waals surface area contributed by atoms with Crippen LogP contribution in [0.2, 0.25) is 0 Å². The first-order valence-electron chi connectivity index (χ1n) is 16.8. The maximum Gasteiger partial charge on any atom is 0.160 e. The van der Waals surface area contributed by atoms with Crippen LogP contribution in [0.4, 0.5) is 0 Å². The fourth-order valence-electron chi connectivity index (χ4n) is 7.44. The molecular formula is C46H33N3. The minimum atomic E-state index is -0.0773. The molecule has 0 N–H and O–H groups in total. The molecule has 8 aromatic rings. The molecule has 0 amide bonds. The molecule has 0 spiro atoms. The van der Waals surface area contributed by atoms with Gasteiger partial charge in [0.15, 0.2) is 5.82 Å². The number of rotatable bonds is 5. The highest BCUT2D eigenvalue weighted by Crippen LogP contribution is 2.54. The molecule has 232 valence electrons. The molecule has 1 aliphatic rings. The Hall–Kier alpha value is -6.19. The molecule has 6 aromatic carbocycles. The van der Waals surface area contributed by atoms with Gasteiger partial charge < -0.3 is 0 Å². The molecule has 2 heterocycles. The lowest BCUT2D eigenvalue weighted by Gasteiger charge is -2.21. The minimum absolute atomic E-state index is 0.0773. The van der Waals surface area contributed by atoms with E-state index in [0.29, 0.717) is 5.82 Å². The molecule has 0 unspecified atom stereocenters. The number of pyridine rings is 1. The van der Waals surface area contributed by atoms with Gasteiger partial charge in [-0.1, -0.05) is 153 Å². The van der Waals surface area contributed by atoms with Crippen molar-refractivity contribution in [2.45, 2.75) is 19.3 Å². The second-order valence-electron chi connectivity index (χ2n) is 13.3. The van der Waals surface area contributed by atoms with E-state index in [1.165, 1.54) is 44.2 Å². The second kappa shape index (κ2) is 11.5. The van der Waals surface area contributed by atoms with Crippen molar-refractivity contribution in [3.05, 3.63) is 175 Å². The summed E-state index contributed by atoms with van der Waals surface area (Å²) in [6, 6.07) is 53.9. The summed E-state index contributed by atoms with van der Waals surface area (Å²) < 4.78 is 0. The van der Waals surface area contributed by atoms with Gasteiger partial charge in [0.2, 0.25) is 0 Å². The van der Waals surface area contributed by atoms with Crippen molar-refractivity contribution in [3.8, 4) is 67.3 Å². The van der Waals surface area contributed by atoms with Crippen molar-refractivity contribution >= 4 is 10.8 Å². The van der Waals surface area contributed by atoms with E-state index in [1.54, 1.807) is 6.20 Å². The van der Waals surface area contributed by atoms with Gasteiger partial charge in [0, 0.05) is 34.5 Å².